The molecule has 1 atom stereocenters. The summed E-state index contributed by atoms with van der Waals surface area (Å²) in [6, 6.07) is 0. The Morgan fingerprint density at radius 1 is 1.50 bits per heavy atom. The lowest BCUT2D eigenvalue weighted by atomic mass is 10.0. The maximum atomic E-state index is 12.0. The van der Waals surface area contributed by atoms with Gasteiger partial charge in [0.15, 0.2) is 0 Å². The molecule has 1 unspecified atom stereocenters. The number of alkyl halides is 3. The first-order chi connectivity index (χ1) is 5.43. The molecule has 0 radical (unpaired) electrons. The fourth-order valence-corrected chi connectivity index (χ4v) is 0.798. The smallest absolute Gasteiger partial charge is 0.270 e. The van der Waals surface area contributed by atoms with E-state index in [1.54, 1.807) is 0 Å². The Morgan fingerprint density at radius 3 is 2.50 bits per heavy atom. The highest BCUT2D eigenvalue weighted by molar-refractivity contribution is 5.82. The van der Waals surface area contributed by atoms with Crippen molar-refractivity contribution in [3.8, 4) is 0 Å². The first kappa shape index (κ1) is 8.89. The largest absolute Gasteiger partial charge is 0.414 e. The maximum absolute atomic E-state index is 12.0. The third-order valence-electron chi connectivity index (χ3n) is 1.52. The number of rotatable bonds is 0. The van der Waals surface area contributed by atoms with Gasteiger partial charge in [-0.3, -0.25) is 4.79 Å². The number of azo groups is 1. The topological polar surface area (TPSA) is 41.8 Å². The molecule has 0 N–H and O–H groups in total. The molecule has 0 aromatic heterocycles. The van der Waals surface area contributed by atoms with E-state index in [0.717, 1.165) is 6.92 Å². The summed E-state index contributed by atoms with van der Waals surface area (Å²) in [4.78, 5) is 10.6. The number of hydrogen-bond acceptors (Lipinski definition) is 2. The van der Waals surface area contributed by atoms with Crippen molar-refractivity contribution in [2.75, 3.05) is 0 Å². The first-order valence-corrected chi connectivity index (χ1v) is 3.15. The molecule has 0 aromatic carbocycles. The lowest BCUT2D eigenvalue weighted by Gasteiger charge is -2.16. The Bertz CT molecular complexity index is 266. The van der Waals surface area contributed by atoms with Crippen molar-refractivity contribution in [1.29, 1.82) is 0 Å². The molecule has 0 saturated heterocycles. The van der Waals surface area contributed by atoms with E-state index >= 15 is 0 Å². The normalized spacial score (nSPS) is 24.2. The van der Waals surface area contributed by atoms with Crippen LogP contribution in [0.1, 0.15) is 6.92 Å². The Kier molecular flexibility index (Phi) is 1.99. The van der Waals surface area contributed by atoms with Gasteiger partial charge in [0, 0.05) is 0 Å². The molecule has 12 heavy (non-hydrogen) atoms. The zero-order valence-electron chi connectivity index (χ0n) is 6.09. The fraction of sp³-hybridized carbons (Fsp3) is 0.500. The highest BCUT2D eigenvalue weighted by atomic mass is 19.4. The molecule has 66 valence electrons. The zero-order valence-corrected chi connectivity index (χ0v) is 6.09. The predicted molar refractivity (Wildman–Crippen MR) is 33.2 cm³/mol. The molecule has 6 heteroatoms. The summed E-state index contributed by atoms with van der Waals surface area (Å²) in [7, 11) is 0. The van der Waals surface area contributed by atoms with Crippen LogP contribution >= 0.6 is 0 Å². The quantitative estimate of drug-likeness (QED) is 0.559. The zero-order chi connectivity index (χ0) is 9.35. The van der Waals surface area contributed by atoms with Crippen molar-refractivity contribution >= 4 is 5.91 Å². The van der Waals surface area contributed by atoms with Crippen molar-refractivity contribution in [3.63, 3.8) is 0 Å². The van der Waals surface area contributed by atoms with Gasteiger partial charge in [-0.25, -0.2) is 0 Å². The third-order valence-corrected chi connectivity index (χ3v) is 1.52. The Hall–Kier alpha value is -1.20. The minimum atomic E-state index is -4.49. The molecule has 1 aliphatic rings. The lowest BCUT2D eigenvalue weighted by Crippen LogP contribution is -2.24. The number of carbonyl (C=O) groups is 1. The van der Waals surface area contributed by atoms with E-state index < -0.39 is 23.6 Å². The van der Waals surface area contributed by atoms with Crippen LogP contribution in [-0.2, 0) is 4.79 Å². The van der Waals surface area contributed by atoms with Gasteiger partial charge in [0.05, 0.1) is 17.7 Å². The van der Waals surface area contributed by atoms with Crippen molar-refractivity contribution in [2.45, 2.75) is 13.1 Å². The highest BCUT2D eigenvalue weighted by Crippen LogP contribution is 2.33. The molecule has 0 aromatic rings. The van der Waals surface area contributed by atoms with E-state index in [9.17, 15) is 18.0 Å². The maximum Gasteiger partial charge on any atom is 0.414 e. The van der Waals surface area contributed by atoms with Crippen LogP contribution in [0.25, 0.3) is 0 Å². The van der Waals surface area contributed by atoms with Crippen LogP contribution < -0.4 is 0 Å². The van der Waals surface area contributed by atoms with Crippen LogP contribution in [0.3, 0.4) is 0 Å². The van der Waals surface area contributed by atoms with E-state index in [-0.39, 0.29) is 0 Å². The fourth-order valence-electron chi connectivity index (χ4n) is 0.798. The van der Waals surface area contributed by atoms with Gasteiger partial charge in [-0.05, 0) is 6.92 Å². The monoisotopic (exact) mass is 178 g/mol. The van der Waals surface area contributed by atoms with Gasteiger partial charge < -0.3 is 0 Å². The molecule has 0 saturated carbocycles. The van der Waals surface area contributed by atoms with Crippen LogP contribution in [0.15, 0.2) is 22.0 Å². The van der Waals surface area contributed by atoms with E-state index in [1.165, 1.54) is 0 Å². The molecular formula is C6H5F3N2O. The molecule has 1 rings (SSSR count). The van der Waals surface area contributed by atoms with E-state index in [2.05, 4.69) is 10.2 Å². The summed E-state index contributed by atoms with van der Waals surface area (Å²) in [5, 5.41) is 5.93. The number of nitrogens with zero attached hydrogens (tertiary/aromatic N) is 2. The summed E-state index contributed by atoms with van der Waals surface area (Å²) in [6.45, 7) is 1.15. The molecule has 1 aliphatic heterocycles. The van der Waals surface area contributed by atoms with Gasteiger partial charge in [-0.15, -0.1) is 5.11 Å². The van der Waals surface area contributed by atoms with Crippen LogP contribution in [0.2, 0.25) is 0 Å². The predicted octanol–water partition coefficient (Wildman–Crippen LogP) is 2.06. The summed E-state index contributed by atoms with van der Waals surface area (Å²) >= 11 is 0. The second-order valence-corrected chi connectivity index (χ2v) is 2.36. The van der Waals surface area contributed by atoms with Crippen LogP contribution in [0.5, 0.6) is 0 Å². The molecule has 1 amide bonds. The van der Waals surface area contributed by atoms with Crippen LogP contribution in [0.4, 0.5) is 13.2 Å². The third kappa shape index (κ3) is 1.51. The molecule has 0 aliphatic carbocycles. The SMILES string of the molecule is CC1C(=O)N=NC=C1C(F)(F)F. The molecule has 3 nitrogen and oxygen atoms in total. The molecule has 0 spiro atoms. The summed E-state index contributed by atoms with van der Waals surface area (Å²) < 4.78 is 36.1. The first-order valence-electron chi connectivity index (χ1n) is 3.15. The molecule has 1 heterocycles. The average Bonchev–Trinajstić information content (AvgIpc) is 1.92. The summed E-state index contributed by atoms with van der Waals surface area (Å²) in [5.41, 5.74) is -0.942. The molecule has 0 fully saturated rings. The van der Waals surface area contributed by atoms with Crippen LogP contribution in [0, 0.1) is 5.92 Å². The standard InChI is InChI=1S/C6H5F3N2O/c1-3-4(6(7,8)9)2-10-11-5(3)12/h2-3H,1H3. The lowest BCUT2D eigenvalue weighted by molar-refractivity contribution is -0.128. The van der Waals surface area contributed by atoms with Gasteiger partial charge in [-0.1, -0.05) is 0 Å². The second-order valence-electron chi connectivity index (χ2n) is 2.36. The minimum absolute atomic E-state index is 0.575. The van der Waals surface area contributed by atoms with Gasteiger partial charge in [0.2, 0.25) is 0 Å². The Morgan fingerprint density at radius 2 is 2.08 bits per heavy atom. The van der Waals surface area contributed by atoms with Crippen molar-refractivity contribution in [3.05, 3.63) is 11.8 Å². The average molecular weight is 178 g/mol. The van der Waals surface area contributed by atoms with Gasteiger partial charge in [0.25, 0.3) is 5.91 Å². The minimum Gasteiger partial charge on any atom is -0.270 e. The van der Waals surface area contributed by atoms with E-state index in [4.69, 9.17) is 0 Å². The Labute approximate surface area is 66.0 Å². The number of hydrogen-bond donors (Lipinski definition) is 0. The van der Waals surface area contributed by atoms with Gasteiger partial charge in [-0.2, -0.15) is 18.3 Å². The molecule has 0 bridgehead atoms. The van der Waals surface area contributed by atoms with E-state index in [1.807, 2.05) is 0 Å². The number of carbonyl (C=O) groups excluding carboxylic acids is 1. The molecular weight excluding hydrogens is 173 g/mol. The Balaban J connectivity index is 2.98. The second kappa shape index (κ2) is 2.69. The van der Waals surface area contributed by atoms with Crippen molar-refractivity contribution in [2.24, 2.45) is 16.1 Å². The van der Waals surface area contributed by atoms with Gasteiger partial charge in [0.1, 0.15) is 0 Å². The van der Waals surface area contributed by atoms with Crippen LogP contribution in [-0.4, -0.2) is 12.1 Å². The van der Waals surface area contributed by atoms with Crippen molar-refractivity contribution in [1.82, 2.24) is 0 Å². The number of halogens is 3. The van der Waals surface area contributed by atoms with Gasteiger partial charge >= 0.3 is 6.18 Å². The highest BCUT2D eigenvalue weighted by Gasteiger charge is 2.40. The summed E-state index contributed by atoms with van der Waals surface area (Å²) in [6.07, 6.45) is -3.92. The van der Waals surface area contributed by atoms with Crippen molar-refractivity contribution < 1.29 is 18.0 Å². The number of amides is 1. The summed E-state index contributed by atoms with van der Waals surface area (Å²) in [5.74, 6) is -2.09. The van der Waals surface area contributed by atoms with E-state index in [0.29, 0.717) is 6.20 Å².